The third kappa shape index (κ3) is 1.61. The number of aliphatic hydroxyl groups excluding tert-OH is 1. The minimum absolute atomic E-state index is 0.0335. The highest BCUT2D eigenvalue weighted by atomic mass is 16.3. The molecule has 82 valence electrons. The molecule has 2 fully saturated rings. The Labute approximate surface area is 89.5 Å². The largest absolute Gasteiger partial charge is 0.396 e. The standard InChI is InChI=1S/C11H16N2O2/c12-5-3-10(15)13-6-9-2-1-4-11(9,7-13)8-14/h9,14H,1-4,6-8H2/t9-,11-/m1/s1. The lowest BCUT2D eigenvalue weighted by Crippen LogP contribution is -2.33. The first-order chi connectivity index (χ1) is 7.22. The number of aliphatic hydroxyl groups is 1. The lowest BCUT2D eigenvalue weighted by Gasteiger charge is -2.25. The minimum Gasteiger partial charge on any atom is -0.396 e. The number of carbonyl (C=O) groups is 1. The van der Waals surface area contributed by atoms with Crippen molar-refractivity contribution in [2.24, 2.45) is 11.3 Å². The van der Waals surface area contributed by atoms with Crippen molar-refractivity contribution in [3.63, 3.8) is 0 Å². The molecule has 1 amide bonds. The summed E-state index contributed by atoms with van der Waals surface area (Å²) in [6.45, 7) is 1.56. The predicted octanol–water partition coefficient (Wildman–Crippen LogP) is 0.521. The molecular formula is C11H16N2O2. The molecule has 1 N–H and O–H groups in total. The van der Waals surface area contributed by atoms with Crippen LogP contribution in [-0.4, -0.2) is 35.6 Å². The fraction of sp³-hybridized carbons (Fsp3) is 0.818. The van der Waals surface area contributed by atoms with Crippen molar-refractivity contribution in [1.29, 1.82) is 5.26 Å². The van der Waals surface area contributed by atoms with E-state index in [4.69, 9.17) is 5.26 Å². The fourth-order valence-electron chi connectivity index (χ4n) is 3.04. The number of carbonyl (C=O) groups excluding carboxylic acids is 1. The third-order valence-electron chi connectivity index (χ3n) is 3.94. The van der Waals surface area contributed by atoms with E-state index in [1.807, 2.05) is 6.07 Å². The van der Waals surface area contributed by atoms with Gasteiger partial charge in [-0.15, -0.1) is 0 Å². The summed E-state index contributed by atoms with van der Waals surface area (Å²) >= 11 is 0. The van der Waals surface area contributed by atoms with Gasteiger partial charge in [-0.1, -0.05) is 6.42 Å². The Morgan fingerprint density at radius 3 is 3.07 bits per heavy atom. The van der Waals surface area contributed by atoms with Crippen molar-refractivity contribution < 1.29 is 9.90 Å². The zero-order chi connectivity index (χ0) is 10.9. The molecular weight excluding hydrogens is 192 g/mol. The Hall–Kier alpha value is -1.08. The summed E-state index contributed by atoms with van der Waals surface area (Å²) in [4.78, 5) is 13.3. The van der Waals surface area contributed by atoms with Crippen LogP contribution in [0.5, 0.6) is 0 Å². The van der Waals surface area contributed by atoms with Crippen LogP contribution in [0.25, 0.3) is 0 Å². The second-order valence-electron chi connectivity index (χ2n) is 4.72. The summed E-state index contributed by atoms with van der Waals surface area (Å²) in [5, 5.41) is 17.9. The normalized spacial score (nSPS) is 33.9. The Balaban J connectivity index is 2.05. The molecule has 1 aliphatic heterocycles. The second kappa shape index (κ2) is 3.82. The molecule has 0 unspecified atom stereocenters. The van der Waals surface area contributed by atoms with Crippen LogP contribution in [0.4, 0.5) is 0 Å². The van der Waals surface area contributed by atoms with E-state index in [0.29, 0.717) is 12.5 Å². The van der Waals surface area contributed by atoms with E-state index >= 15 is 0 Å². The van der Waals surface area contributed by atoms with Crippen molar-refractivity contribution >= 4 is 5.91 Å². The topological polar surface area (TPSA) is 64.3 Å². The van der Waals surface area contributed by atoms with Gasteiger partial charge in [0.25, 0.3) is 0 Å². The van der Waals surface area contributed by atoms with Gasteiger partial charge in [0.1, 0.15) is 6.42 Å². The van der Waals surface area contributed by atoms with Crippen LogP contribution in [-0.2, 0) is 4.79 Å². The Morgan fingerprint density at radius 2 is 2.47 bits per heavy atom. The number of nitriles is 1. The summed E-state index contributed by atoms with van der Waals surface area (Å²) in [6, 6.07) is 1.89. The van der Waals surface area contributed by atoms with Crippen LogP contribution in [0.3, 0.4) is 0 Å². The average molecular weight is 208 g/mol. The highest BCUT2D eigenvalue weighted by molar-refractivity contribution is 5.78. The van der Waals surface area contributed by atoms with Gasteiger partial charge in [0.15, 0.2) is 0 Å². The molecule has 15 heavy (non-hydrogen) atoms. The minimum atomic E-state index is -0.0836. The van der Waals surface area contributed by atoms with E-state index in [1.54, 1.807) is 4.90 Å². The number of hydrogen-bond donors (Lipinski definition) is 1. The van der Waals surface area contributed by atoms with Crippen molar-refractivity contribution in [2.75, 3.05) is 19.7 Å². The molecule has 2 atom stereocenters. The maximum absolute atomic E-state index is 11.6. The lowest BCUT2D eigenvalue weighted by atomic mass is 9.82. The molecule has 0 bridgehead atoms. The molecule has 0 radical (unpaired) electrons. The molecule has 2 aliphatic rings. The summed E-state index contributed by atoms with van der Waals surface area (Å²) in [5.41, 5.74) is -0.0505. The third-order valence-corrected chi connectivity index (χ3v) is 3.94. The number of nitrogens with zero attached hydrogens (tertiary/aromatic N) is 2. The van der Waals surface area contributed by atoms with E-state index in [2.05, 4.69) is 0 Å². The van der Waals surface area contributed by atoms with Gasteiger partial charge in [0.05, 0.1) is 12.7 Å². The van der Waals surface area contributed by atoms with Crippen LogP contribution in [0, 0.1) is 22.7 Å². The first-order valence-electron chi connectivity index (χ1n) is 5.47. The van der Waals surface area contributed by atoms with Gasteiger partial charge in [0, 0.05) is 18.5 Å². The Morgan fingerprint density at radius 1 is 1.67 bits per heavy atom. The van der Waals surface area contributed by atoms with E-state index in [9.17, 15) is 9.90 Å². The molecule has 1 heterocycles. The van der Waals surface area contributed by atoms with Gasteiger partial charge in [-0.05, 0) is 18.8 Å². The van der Waals surface area contributed by atoms with E-state index < -0.39 is 0 Å². The van der Waals surface area contributed by atoms with Crippen LogP contribution in [0.2, 0.25) is 0 Å². The van der Waals surface area contributed by atoms with Crippen molar-refractivity contribution in [1.82, 2.24) is 4.90 Å². The maximum atomic E-state index is 11.6. The van der Waals surface area contributed by atoms with Gasteiger partial charge < -0.3 is 10.0 Å². The van der Waals surface area contributed by atoms with Gasteiger partial charge in [-0.25, -0.2) is 0 Å². The molecule has 4 nitrogen and oxygen atoms in total. The fourth-order valence-corrected chi connectivity index (χ4v) is 3.04. The Bertz CT molecular complexity index is 310. The number of rotatable bonds is 2. The first-order valence-corrected chi connectivity index (χ1v) is 5.47. The van der Waals surface area contributed by atoms with Crippen LogP contribution >= 0.6 is 0 Å². The van der Waals surface area contributed by atoms with E-state index in [-0.39, 0.29) is 24.3 Å². The molecule has 0 spiro atoms. The summed E-state index contributed by atoms with van der Waals surface area (Å²) in [7, 11) is 0. The van der Waals surface area contributed by atoms with Crippen LogP contribution in [0.1, 0.15) is 25.7 Å². The molecule has 0 aromatic rings. The number of amides is 1. The van der Waals surface area contributed by atoms with Crippen molar-refractivity contribution in [3.8, 4) is 6.07 Å². The number of fused-ring (bicyclic) bond motifs is 1. The molecule has 2 rings (SSSR count). The second-order valence-corrected chi connectivity index (χ2v) is 4.72. The van der Waals surface area contributed by atoms with E-state index in [1.165, 1.54) is 0 Å². The summed E-state index contributed by atoms with van der Waals surface area (Å²) < 4.78 is 0. The van der Waals surface area contributed by atoms with Gasteiger partial charge in [0.2, 0.25) is 5.91 Å². The highest BCUT2D eigenvalue weighted by Gasteiger charge is 2.49. The maximum Gasteiger partial charge on any atom is 0.236 e. The van der Waals surface area contributed by atoms with Crippen molar-refractivity contribution in [3.05, 3.63) is 0 Å². The molecule has 0 aromatic heterocycles. The van der Waals surface area contributed by atoms with Gasteiger partial charge in [-0.2, -0.15) is 5.26 Å². The smallest absolute Gasteiger partial charge is 0.236 e. The van der Waals surface area contributed by atoms with Gasteiger partial charge >= 0.3 is 0 Å². The molecule has 4 heteroatoms. The molecule has 1 aliphatic carbocycles. The quantitative estimate of drug-likeness (QED) is 0.719. The average Bonchev–Trinajstić information content (AvgIpc) is 2.73. The molecule has 1 saturated heterocycles. The Kier molecular flexibility index (Phi) is 2.66. The van der Waals surface area contributed by atoms with Crippen LogP contribution in [0.15, 0.2) is 0 Å². The number of hydrogen-bond acceptors (Lipinski definition) is 3. The van der Waals surface area contributed by atoms with Crippen molar-refractivity contribution in [2.45, 2.75) is 25.7 Å². The number of likely N-dealkylation sites (tertiary alicyclic amines) is 1. The SMILES string of the molecule is N#CCC(=O)N1C[C@H]2CCC[C@]2(CO)C1. The van der Waals surface area contributed by atoms with Gasteiger partial charge in [-0.3, -0.25) is 4.79 Å². The zero-order valence-corrected chi connectivity index (χ0v) is 8.78. The lowest BCUT2D eigenvalue weighted by molar-refractivity contribution is -0.129. The molecule has 0 aromatic carbocycles. The predicted molar refractivity (Wildman–Crippen MR) is 53.7 cm³/mol. The zero-order valence-electron chi connectivity index (χ0n) is 8.78. The summed E-state index contributed by atoms with van der Waals surface area (Å²) in [6.07, 6.45) is 3.25. The monoisotopic (exact) mass is 208 g/mol. The van der Waals surface area contributed by atoms with Crippen LogP contribution < -0.4 is 0 Å². The highest BCUT2D eigenvalue weighted by Crippen LogP contribution is 2.48. The van der Waals surface area contributed by atoms with E-state index in [0.717, 1.165) is 25.8 Å². The summed E-state index contributed by atoms with van der Waals surface area (Å²) in [5.74, 6) is 0.366. The first kappa shape index (κ1) is 10.4. The molecule has 1 saturated carbocycles.